The summed E-state index contributed by atoms with van der Waals surface area (Å²) < 4.78 is 67.4. The van der Waals surface area contributed by atoms with Crippen molar-refractivity contribution >= 4 is 27.5 Å². The molecule has 1 spiro atoms. The molecule has 4 aromatic rings. The van der Waals surface area contributed by atoms with E-state index in [1.807, 2.05) is 0 Å². The number of aryl methyl sites for hydroxylation is 2. The van der Waals surface area contributed by atoms with E-state index < -0.39 is 28.5 Å². The molecule has 12 heteroatoms. The van der Waals surface area contributed by atoms with Crippen LogP contribution in [0.25, 0.3) is 32.9 Å². The summed E-state index contributed by atoms with van der Waals surface area (Å²) in [6.07, 6.45) is 5.36. The Kier molecular flexibility index (Phi) is 5.88. The van der Waals surface area contributed by atoms with E-state index in [0.717, 1.165) is 38.6 Å². The van der Waals surface area contributed by atoms with Gasteiger partial charge in [0.05, 0.1) is 22.0 Å². The number of anilines is 1. The van der Waals surface area contributed by atoms with Crippen LogP contribution in [0.2, 0.25) is 0 Å². The van der Waals surface area contributed by atoms with Crippen LogP contribution in [0.15, 0.2) is 24.3 Å². The molecule has 1 aliphatic carbocycles. The molecule has 6 aliphatic rings. The molecule has 2 bridgehead atoms. The molecule has 2 aromatic heterocycles. The van der Waals surface area contributed by atoms with Crippen LogP contribution in [0.3, 0.4) is 0 Å². The van der Waals surface area contributed by atoms with Gasteiger partial charge in [-0.2, -0.15) is 9.97 Å². The standard InChI is InChI=1S/C36H36F4N6O2/c1-18-23(37)5-3-19-11-21(47)12-22(27(18)19)30-29(38)31-28-25(42-30)7-8-26-24-6-4-20(41-24)13-46(26)32(28)44-33(43-31)48-17-35-9-2-10-45(35)16-34(14-35)15-36(34,39)40/h3,5,11-12,20,24,26,41,47H,2,4,6-10,13-17H2,1H3/t20-,24+,26-,34+,35+/m1/s1. The van der Waals surface area contributed by atoms with Crippen LogP contribution in [0.1, 0.15) is 56.2 Å². The highest BCUT2D eigenvalue weighted by atomic mass is 19.3. The number of nitrogens with zero attached hydrogens (tertiary/aromatic N) is 5. The molecule has 0 unspecified atom stereocenters. The first-order valence-electron chi connectivity index (χ1n) is 17.2. The quantitative estimate of drug-likeness (QED) is 0.257. The fourth-order valence-electron chi connectivity index (χ4n) is 10.1. The minimum atomic E-state index is -2.65. The molecule has 0 amide bonds. The van der Waals surface area contributed by atoms with Crippen LogP contribution >= 0.6 is 0 Å². The van der Waals surface area contributed by atoms with Gasteiger partial charge in [-0.1, -0.05) is 6.07 Å². The SMILES string of the molecule is Cc1c(F)ccc2cc(O)cc(-c3nc4c5c(nc(OC[C@@]67CCCN6C[C@@]6(CC6(F)F)C7)nc5c3F)N3C[C@H]5CC[C@H](N5)[C@H]3CC4)c12. The molecule has 2 aromatic carbocycles. The van der Waals surface area contributed by atoms with E-state index in [1.165, 1.54) is 18.2 Å². The second kappa shape index (κ2) is 9.68. The maximum atomic E-state index is 17.1. The van der Waals surface area contributed by atoms with E-state index in [4.69, 9.17) is 19.7 Å². The number of phenols is 1. The number of alkyl halides is 2. The minimum Gasteiger partial charge on any atom is -0.508 e. The second-order valence-electron chi connectivity index (χ2n) is 15.2. The second-order valence-corrected chi connectivity index (χ2v) is 15.2. The Morgan fingerprint density at radius 2 is 1.92 bits per heavy atom. The van der Waals surface area contributed by atoms with Crippen molar-refractivity contribution in [1.29, 1.82) is 0 Å². The lowest BCUT2D eigenvalue weighted by Crippen LogP contribution is -2.58. The number of hydrogen-bond acceptors (Lipinski definition) is 8. The van der Waals surface area contributed by atoms with Crippen molar-refractivity contribution in [3.63, 3.8) is 0 Å². The Bertz CT molecular complexity index is 2060. The zero-order chi connectivity index (χ0) is 32.7. The fraction of sp³-hybridized carbons (Fsp3) is 0.528. The van der Waals surface area contributed by atoms with Gasteiger partial charge in [0, 0.05) is 43.2 Å². The predicted molar refractivity (Wildman–Crippen MR) is 172 cm³/mol. The molecular formula is C36H36F4N6O2. The topological polar surface area (TPSA) is 86.6 Å². The van der Waals surface area contributed by atoms with E-state index in [0.29, 0.717) is 59.2 Å². The number of aromatic hydroxyl groups is 1. The number of fused-ring (bicyclic) bond motifs is 7. The summed E-state index contributed by atoms with van der Waals surface area (Å²) in [6, 6.07) is 6.54. The first kappa shape index (κ1) is 29.2. The number of ether oxygens (including phenoxy) is 1. The highest BCUT2D eigenvalue weighted by molar-refractivity contribution is 6.02. The normalized spacial score (nSPS) is 31.4. The fourth-order valence-corrected chi connectivity index (χ4v) is 10.1. The molecule has 7 heterocycles. The molecule has 5 fully saturated rings. The van der Waals surface area contributed by atoms with Gasteiger partial charge in [-0.25, -0.2) is 22.5 Å². The lowest BCUT2D eigenvalue weighted by molar-refractivity contribution is 0.0647. The van der Waals surface area contributed by atoms with Crippen molar-refractivity contribution < 1.29 is 27.4 Å². The van der Waals surface area contributed by atoms with Crippen LogP contribution in [0, 0.1) is 24.0 Å². The first-order chi connectivity index (χ1) is 23.0. The van der Waals surface area contributed by atoms with Crippen LogP contribution < -0.4 is 15.0 Å². The third-order valence-corrected chi connectivity index (χ3v) is 12.5. The highest BCUT2D eigenvalue weighted by Gasteiger charge is 2.77. The summed E-state index contributed by atoms with van der Waals surface area (Å²) in [7, 11) is 0. The zero-order valence-electron chi connectivity index (χ0n) is 26.6. The van der Waals surface area contributed by atoms with E-state index >= 15 is 4.39 Å². The van der Waals surface area contributed by atoms with Crippen LogP contribution in [0.4, 0.5) is 23.4 Å². The molecule has 4 saturated heterocycles. The monoisotopic (exact) mass is 660 g/mol. The van der Waals surface area contributed by atoms with Crippen molar-refractivity contribution in [3.05, 3.63) is 47.2 Å². The van der Waals surface area contributed by atoms with E-state index in [1.54, 1.807) is 13.0 Å². The van der Waals surface area contributed by atoms with Crippen molar-refractivity contribution in [1.82, 2.24) is 25.2 Å². The smallest absolute Gasteiger partial charge is 0.319 e. The maximum absolute atomic E-state index is 17.1. The summed E-state index contributed by atoms with van der Waals surface area (Å²) in [6.45, 7) is 3.61. The molecule has 5 aliphatic heterocycles. The molecule has 48 heavy (non-hydrogen) atoms. The van der Waals surface area contributed by atoms with E-state index in [2.05, 4.69) is 15.1 Å². The summed E-state index contributed by atoms with van der Waals surface area (Å²) in [5, 5.41) is 16.0. The number of phenolic OH excluding ortho intramolecular Hbond substituents is 1. The number of halogens is 4. The molecule has 8 nitrogen and oxygen atoms in total. The lowest BCUT2D eigenvalue weighted by Gasteiger charge is -2.41. The number of nitrogens with one attached hydrogen (secondary N) is 1. The van der Waals surface area contributed by atoms with Gasteiger partial charge in [0.2, 0.25) is 0 Å². The average Bonchev–Trinajstić information content (AvgIpc) is 3.36. The van der Waals surface area contributed by atoms with Gasteiger partial charge in [-0.15, -0.1) is 0 Å². The van der Waals surface area contributed by atoms with Gasteiger partial charge in [0.15, 0.2) is 5.82 Å². The molecule has 10 rings (SSSR count). The van der Waals surface area contributed by atoms with Crippen LogP contribution in [-0.4, -0.2) is 80.8 Å². The number of benzene rings is 2. The van der Waals surface area contributed by atoms with Gasteiger partial charge in [0.1, 0.15) is 35.2 Å². The third-order valence-electron chi connectivity index (χ3n) is 12.5. The number of rotatable bonds is 4. The van der Waals surface area contributed by atoms with Crippen molar-refractivity contribution in [3.8, 4) is 23.0 Å². The predicted octanol–water partition coefficient (Wildman–Crippen LogP) is 6.04. The Hall–Kier alpha value is -3.77. The largest absolute Gasteiger partial charge is 0.508 e. The number of hydrogen-bond donors (Lipinski definition) is 2. The number of pyridine rings is 1. The van der Waals surface area contributed by atoms with Crippen molar-refractivity contribution in [2.45, 2.75) is 87.9 Å². The van der Waals surface area contributed by atoms with Gasteiger partial charge < -0.3 is 20.1 Å². The average molecular weight is 661 g/mol. The maximum Gasteiger partial charge on any atom is 0.319 e. The van der Waals surface area contributed by atoms with Crippen LogP contribution in [-0.2, 0) is 6.42 Å². The lowest BCUT2D eigenvalue weighted by atomic mass is 9.89. The summed E-state index contributed by atoms with van der Waals surface area (Å²) in [5.41, 5.74) is -0.212. The van der Waals surface area contributed by atoms with Crippen molar-refractivity contribution in [2.24, 2.45) is 5.41 Å². The zero-order valence-corrected chi connectivity index (χ0v) is 26.6. The summed E-state index contributed by atoms with van der Waals surface area (Å²) >= 11 is 0. The Labute approximate surface area is 274 Å². The van der Waals surface area contributed by atoms with Gasteiger partial charge in [-0.3, -0.25) is 4.90 Å². The molecule has 250 valence electrons. The molecule has 2 N–H and O–H groups in total. The molecule has 0 radical (unpaired) electrons. The molecule has 5 atom stereocenters. The number of aromatic nitrogens is 3. The minimum absolute atomic E-state index is 0.0127. The Morgan fingerprint density at radius 1 is 1.06 bits per heavy atom. The van der Waals surface area contributed by atoms with Gasteiger partial charge in [-0.05, 0) is 92.9 Å². The van der Waals surface area contributed by atoms with Gasteiger partial charge >= 0.3 is 6.01 Å². The third kappa shape index (κ3) is 3.98. The van der Waals surface area contributed by atoms with Crippen LogP contribution in [0.5, 0.6) is 11.8 Å². The van der Waals surface area contributed by atoms with E-state index in [9.17, 15) is 18.3 Å². The van der Waals surface area contributed by atoms with Gasteiger partial charge in [0.25, 0.3) is 5.92 Å². The number of piperazine rings is 1. The Morgan fingerprint density at radius 3 is 2.75 bits per heavy atom. The van der Waals surface area contributed by atoms with Crippen molar-refractivity contribution in [2.75, 3.05) is 31.1 Å². The molecular weight excluding hydrogens is 624 g/mol. The summed E-state index contributed by atoms with van der Waals surface area (Å²) in [5.74, 6) is -3.29. The highest BCUT2D eigenvalue weighted by Crippen LogP contribution is 2.69. The Balaban J connectivity index is 1.14. The first-order valence-corrected chi connectivity index (χ1v) is 17.2. The van der Waals surface area contributed by atoms with E-state index in [-0.39, 0.29) is 59.7 Å². The summed E-state index contributed by atoms with van der Waals surface area (Å²) in [4.78, 5) is 19.0. The molecule has 1 saturated carbocycles.